The van der Waals surface area contributed by atoms with Gasteiger partial charge in [0.15, 0.2) is 40.7 Å². The number of amidine groups is 1. The Balaban J connectivity index is 0.000000197. The molecule has 3 aromatic carbocycles. The molecule has 0 aliphatic carbocycles. The number of nitrogens with zero attached hydrogens (tertiary/aromatic N) is 11. The molecule has 0 bridgehead atoms. The number of carboxylic acid groups (broad SMARTS) is 2. The van der Waals surface area contributed by atoms with Gasteiger partial charge in [-0.3, -0.25) is 29.4 Å². The molecule has 0 radical (unpaired) electrons. The second-order valence-corrected chi connectivity index (χ2v) is 25.8. The Bertz CT molecular complexity index is 4450. The number of alkyl halides is 1. The molecule has 0 aliphatic heterocycles. The van der Waals surface area contributed by atoms with E-state index in [2.05, 4.69) is 80.7 Å². The van der Waals surface area contributed by atoms with Crippen LogP contribution in [0.3, 0.4) is 0 Å². The molecule has 11 rings (SSSR count). The summed E-state index contributed by atoms with van der Waals surface area (Å²) in [5.41, 5.74) is 15.9. The Hall–Kier alpha value is -11.9. The van der Waals surface area contributed by atoms with Crippen LogP contribution >= 0.6 is 15.9 Å². The molecule has 25 nitrogen and oxygen atoms in total. The van der Waals surface area contributed by atoms with Gasteiger partial charge in [-0.05, 0) is 104 Å². The van der Waals surface area contributed by atoms with Gasteiger partial charge in [-0.2, -0.15) is 0 Å². The topological polar surface area (TPSA) is 377 Å². The van der Waals surface area contributed by atoms with Crippen LogP contribution in [0.2, 0.25) is 0 Å². The number of halogens is 1. The van der Waals surface area contributed by atoms with E-state index in [0.717, 1.165) is 85.1 Å². The lowest BCUT2D eigenvalue weighted by Gasteiger charge is -2.21. The number of carbonyl (C=O) groups excluding carboxylic acids is 3. The highest BCUT2D eigenvalue weighted by atomic mass is 79.9. The Morgan fingerprint density at radius 1 is 0.451 bits per heavy atom. The van der Waals surface area contributed by atoms with Crippen molar-refractivity contribution >= 4 is 51.1 Å². The van der Waals surface area contributed by atoms with E-state index in [9.17, 15) is 24.3 Å². The molecule has 0 saturated carbocycles. The van der Waals surface area contributed by atoms with Crippen LogP contribution in [0.1, 0.15) is 95.2 Å². The average Bonchev–Trinajstić information content (AvgIpc) is 1.41. The number of hydrogen-bond acceptors (Lipinski definition) is 20. The summed E-state index contributed by atoms with van der Waals surface area (Å²) < 4.78 is 17.0. The van der Waals surface area contributed by atoms with E-state index in [-0.39, 0.29) is 48.8 Å². The second-order valence-electron chi connectivity index (χ2n) is 25.2. The fourth-order valence-electron chi connectivity index (χ4n) is 8.65. The number of aliphatic carboxylic acids is 2. The number of H-pyrrole nitrogens is 2. The Morgan fingerprint density at radius 2 is 0.765 bits per heavy atom. The molecule has 0 unspecified atom stereocenters. The number of aromatic nitrogens is 13. The fraction of sp³-hybridized carbons (Fsp3) is 0.250. The Labute approximate surface area is 599 Å². The van der Waals surface area contributed by atoms with E-state index in [4.69, 9.17) is 35.3 Å². The summed E-state index contributed by atoms with van der Waals surface area (Å²) in [7, 11) is 0. The van der Waals surface area contributed by atoms with Gasteiger partial charge in [0.25, 0.3) is 5.97 Å². The highest BCUT2D eigenvalue weighted by molar-refractivity contribution is 9.09. The maximum Gasteiger partial charge on any atom is 0.312 e. The molecule has 0 saturated heterocycles. The van der Waals surface area contributed by atoms with Gasteiger partial charge in [-0.25, -0.2) is 54.8 Å². The number of carboxylic acids is 2. The van der Waals surface area contributed by atoms with Crippen molar-refractivity contribution in [3.05, 3.63) is 205 Å². The molecule has 8 heterocycles. The lowest BCUT2D eigenvalue weighted by Crippen LogP contribution is -2.30. The number of nitrogens with one attached hydrogen (secondary N) is 3. The molecule has 0 aliphatic rings. The molecular weight excluding hydrogens is 1360 g/mol. The van der Waals surface area contributed by atoms with E-state index < -0.39 is 28.2 Å². The second kappa shape index (κ2) is 35.7. The molecular formula is C76H80BrN15O10. The summed E-state index contributed by atoms with van der Waals surface area (Å²) in [6.07, 6.45) is 18.8. The molecule has 526 valence electrons. The van der Waals surface area contributed by atoms with Crippen LogP contribution in [0.15, 0.2) is 177 Å². The van der Waals surface area contributed by atoms with E-state index >= 15 is 0 Å². The van der Waals surface area contributed by atoms with Gasteiger partial charge in [-0.1, -0.05) is 107 Å². The quantitative estimate of drug-likeness (QED) is 0.0159. The smallest absolute Gasteiger partial charge is 0.312 e. The molecule has 8 aromatic heterocycles. The van der Waals surface area contributed by atoms with Crippen LogP contribution in [0.5, 0.6) is 17.6 Å². The van der Waals surface area contributed by atoms with Crippen molar-refractivity contribution in [3.8, 4) is 96.8 Å². The number of carbonyl (C=O) groups is 5. The van der Waals surface area contributed by atoms with Gasteiger partial charge in [-0.15, -0.1) is 0 Å². The Morgan fingerprint density at radius 3 is 1.06 bits per heavy atom. The zero-order chi connectivity index (χ0) is 74.3. The van der Waals surface area contributed by atoms with Gasteiger partial charge < -0.3 is 40.1 Å². The fourth-order valence-corrected chi connectivity index (χ4v) is 8.97. The minimum Gasteiger partial charge on any atom is -0.481 e. The highest BCUT2D eigenvalue weighted by Crippen LogP contribution is 2.31. The molecule has 0 atom stereocenters. The molecule has 26 heteroatoms. The van der Waals surface area contributed by atoms with Crippen LogP contribution in [0.25, 0.3) is 79.2 Å². The van der Waals surface area contributed by atoms with Gasteiger partial charge in [0.2, 0.25) is 17.6 Å². The number of ketones is 3. The van der Waals surface area contributed by atoms with Gasteiger partial charge in [0, 0.05) is 120 Å². The highest BCUT2D eigenvalue weighted by Gasteiger charge is 2.29. The third-order valence-electron chi connectivity index (χ3n) is 15.6. The van der Waals surface area contributed by atoms with E-state index in [1.165, 1.54) is 0 Å². The van der Waals surface area contributed by atoms with Crippen molar-refractivity contribution in [2.75, 3.05) is 25.2 Å². The summed E-state index contributed by atoms with van der Waals surface area (Å²) in [6.45, 7) is 21.2. The number of nitrogens with two attached hydrogens (primary N) is 1. The first-order valence-electron chi connectivity index (χ1n) is 31.9. The number of aromatic amines is 2. The average molecular weight is 1440 g/mol. The van der Waals surface area contributed by atoms with Crippen LogP contribution < -0.4 is 19.9 Å². The number of nitrogen functional groups attached to an aromatic ring is 1. The third kappa shape index (κ3) is 22.3. The normalized spacial score (nSPS) is 10.9. The molecule has 0 spiro atoms. The van der Waals surface area contributed by atoms with Crippen molar-refractivity contribution in [1.82, 2.24) is 64.8 Å². The lowest BCUT2D eigenvalue weighted by molar-refractivity contribution is -0.148. The maximum absolute atomic E-state index is 11.7. The van der Waals surface area contributed by atoms with Crippen molar-refractivity contribution < 1.29 is 48.4 Å². The standard InChI is InChI=1S/C25H25N5O2.C24H23N5O3.C17H21N5O2.C8H7BrO.C2H4O2/c1-16-10-22(32-15-25(3,4)17(2)31)26-13-20(16)19-11-27-23(28-12-19)24-29-14-21(30-24)18-8-6-5-7-9-18;1-15-9-20(32-14-24(2,3)23(30)31)25-12-18(15)17-10-26-21(27-11-17)22-28-13-19(29-22)16-7-5-4-6-8-16;1-10-5-14(24-9-17(3,4)11(2)23)20-8-13(10)12-6-21-16(15(18)19)22-7-12;9-6-8(10)7-4-2-1-3-5-7;1-2(3)4/h5-14H,15H2,1-4H3,(H,29,30);4-13H,14H2,1-3H3,(H,28,29)(H,30,31);5-8H,9H2,1-4H3,(H3,18,19);1-5H,6H2;1H3,(H,3,4). The predicted octanol–water partition coefficient (Wildman–Crippen LogP) is 13.8. The zero-order valence-electron chi connectivity index (χ0n) is 58.6. The molecule has 11 aromatic rings. The van der Waals surface area contributed by atoms with Gasteiger partial charge in [0.1, 0.15) is 31.4 Å². The SMILES string of the molecule is CC(=O)C(C)(C)COc1cc(C)c(-c2cnc(-c3ncc(-c4ccccc4)[nH]3)nc2)cn1.CC(=O)C(C)(C)COc1cc(C)c(-c2cnc(C(=N)N)nc2)cn1.CC(=O)O.Cc1cc(OCC(C)(C)C(=O)O)ncc1-c1cnc(-c2ncc(-c3ccccc3)[nH]2)nc1.O=C(CBr)c1ccccc1. The van der Waals surface area contributed by atoms with Crippen LogP contribution in [-0.4, -0.2) is 135 Å². The number of ether oxygens (including phenoxy) is 3. The van der Waals surface area contributed by atoms with E-state index in [0.29, 0.717) is 46.3 Å². The minimum absolute atomic E-state index is 0.0278. The summed E-state index contributed by atoms with van der Waals surface area (Å²) in [5.74, 6) is 2.09. The van der Waals surface area contributed by atoms with Crippen LogP contribution in [0.4, 0.5) is 0 Å². The first kappa shape index (κ1) is 77.4. The summed E-state index contributed by atoms with van der Waals surface area (Å²) >= 11 is 3.10. The monoisotopic (exact) mass is 1440 g/mol. The number of pyridine rings is 3. The van der Waals surface area contributed by atoms with Crippen LogP contribution in [0, 0.1) is 42.4 Å². The number of imidazole rings is 2. The van der Waals surface area contributed by atoms with Crippen molar-refractivity contribution in [1.29, 1.82) is 5.41 Å². The summed E-state index contributed by atoms with van der Waals surface area (Å²) in [6, 6.07) is 34.6. The van der Waals surface area contributed by atoms with E-state index in [1.807, 2.05) is 152 Å². The minimum atomic E-state index is -0.996. The zero-order valence-corrected chi connectivity index (χ0v) is 60.2. The number of benzene rings is 3. The van der Waals surface area contributed by atoms with Crippen molar-refractivity contribution in [2.45, 2.75) is 83.1 Å². The molecule has 102 heavy (non-hydrogen) atoms. The third-order valence-corrected chi connectivity index (χ3v) is 16.1. The lowest BCUT2D eigenvalue weighted by atomic mass is 9.90. The summed E-state index contributed by atoms with van der Waals surface area (Å²) in [5, 5.41) is 24.3. The number of Topliss-reactive ketones (excluding diaryl/α,β-unsaturated/α-hetero) is 3. The first-order valence-corrected chi connectivity index (χ1v) is 33.0. The number of hydrogen-bond donors (Lipinski definition) is 6. The number of rotatable bonds is 22. The van der Waals surface area contributed by atoms with Gasteiger partial charge >= 0.3 is 5.97 Å². The first-order chi connectivity index (χ1) is 48.4. The summed E-state index contributed by atoms with van der Waals surface area (Å²) in [4.78, 5) is 109. The van der Waals surface area contributed by atoms with Gasteiger partial charge in [0.05, 0.1) is 45.4 Å². The molecule has 7 N–H and O–H groups in total. The molecule has 0 amide bonds. The largest absolute Gasteiger partial charge is 0.481 e. The van der Waals surface area contributed by atoms with Crippen LogP contribution in [-0.2, 0) is 19.2 Å². The Kier molecular flexibility index (Phi) is 27.1. The van der Waals surface area contributed by atoms with E-state index in [1.54, 1.807) is 102 Å². The van der Waals surface area contributed by atoms with Crippen molar-refractivity contribution in [2.24, 2.45) is 22.0 Å². The molecule has 0 fully saturated rings. The number of aryl methyl sites for hydroxylation is 3. The predicted molar refractivity (Wildman–Crippen MR) is 392 cm³/mol. The maximum atomic E-state index is 11.7. The van der Waals surface area contributed by atoms with Crippen molar-refractivity contribution in [3.63, 3.8) is 0 Å².